The van der Waals surface area contributed by atoms with Crippen LogP contribution in [-0.2, 0) is 38.4 Å². The van der Waals surface area contributed by atoms with E-state index in [1.54, 1.807) is 32.7 Å². The van der Waals surface area contributed by atoms with E-state index in [2.05, 4.69) is 40.0 Å². The summed E-state index contributed by atoms with van der Waals surface area (Å²) in [6.45, 7) is 25.7. The Morgan fingerprint density at radius 3 is 1.52 bits per heavy atom. The SMILES string of the molecule is CCCC(=O)N(C)[C@@H](CSCCN(CC)CC)C(=O)N(C)[C@@H](CC(C)(C)O)C(=O)N[C@H](C(=O)N(C)[C@@H](CC(C)C)C(=O)N[C@H](C)C(=O)N[C@@H](C)C(=O)N(C)[C@@H](CC(C)C)C(=O)NC)C(C)C. The van der Waals surface area contributed by atoms with Gasteiger partial charge in [0, 0.05) is 66.1 Å². The van der Waals surface area contributed by atoms with Crippen molar-refractivity contribution >= 4 is 59.0 Å². The molecule has 0 rings (SSSR count). The third-order valence-corrected chi connectivity index (χ3v) is 12.7. The van der Waals surface area contributed by atoms with Gasteiger partial charge in [-0.15, -0.1) is 0 Å². The zero-order chi connectivity index (χ0) is 51.4. The number of likely N-dealkylation sites (N-methyl/N-ethyl adjacent to an activating group) is 5. The number of carbonyl (C=O) groups is 8. The predicted molar refractivity (Wildman–Crippen MR) is 262 cm³/mol. The highest BCUT2D eigenvalue weighted by Gasteiger charge is 2.41. The van der Waals surface area contributed by atoms with Gasteiger partial charge in [0.2, 0.25) is 47.3 Å². The number of hydrogen-bond acceptors (Lipinski definition) is 11. The summed E-state index contributed by atoms with van der Waals surface area (Å²) in [5, 5.41) is 21.8. The fourth-order valence-corrected chi connectivity index (χ4v) is 8.56. The van der Waals surface area contributed by atoms with E-state index in [1.807, 2.05) is 34.6 Å². The summed E-state index contributed by atoms with van der Waals surface area (Å²) in [5.41, 5.74) is -1.42. The third kappa shape index (κ3) is 20.5. The minimum Gasteiger partial charge on any atom is -0.390 e. The van der Waals surface area contributed by atoms with E-state index in [1.165, 1.54) is 75.5 Å². The van der Waals surface area contributed by atoms with Crippen molar-refractivity contribution in [1.82, 2.24) is 45.8 Å². The van der Waals surface area contributed by atoms with E-state index < -0.39 is 89.3 Å². The predicted octanol–water partition coefficient (Wildman–Crippen LogP) is 2.32. The van der Waals surface area contributed by atoms with Crippen molar-refractivity contribution in [3.63, 3.8) is 0 Å². The molecule has 5 N–H and O–H groups in total. The second-order valence-electron chi connectivity index (χ2n) is 19.3. The highest BCUT2D eigenvalue weighted by molar-refractivity contribution is 7.99. The van der Waals surface area contributed by atoms with Crippen LogP contribution in [0, 0.1) is 17.8 Å². The molecule has 0 spiro atoms. The number of rotatable bonds is 30. The molecule has 0 aliphatic rings. The Balaban J connectivity index is 6.51. The summed E-state index contributed by atoms with van der Waals surface area (Å²) >= 11 is 1.54. The van der Waals surface area contributed by atoms with Gasteiger partial charge in [-0.05, 0) is 77.8 Å². The van der Waals surface area contributed by atoms with E-state index in [4.69, 9.17) is 0 Å². The van der Waals surface area contributed by atoms with Crippen LogP contribution in [-0.4, -0.2) is 191 Å². The fraction of sp³-hybridized carbons (Fsp3) is 0.830. The molecule has 0 aliphatic carbocycles. The first kappa shape index (κ1) is 62.0. The first-order valence-electron chi connectivity index (χ1n) is 23.7. The minimum absolute atomic E-state index is 0.0824. The molecule has 0 bridgehead atoms. The Morgan fingerprint density at radius 1 is 0.591 bits per heavy atom. The van der Waals surface area contributed by atoms with Crippen LogP contribution in [0.5, 0.6) is 0 Å². The lowest BCUT2D eigenvalue weighted by atomic mass is 9.95. The number of aliphatic hydroxyl groups is 1. The van der Waals surface area contributed by atoms with Crippen molar-refractivity contribution in [2.75, 3.05) is 66.4 Å². The highest BCUT2D eigenvalue weighted by atomic mass is 32.2. The van der Waals surface area contributed by atoms with E-state index in [-0.39, 0.29) is 48.7 Å². The molecule has 8 amide bonds. The maximum absolute atomic E-state index is 14.4. The summed E-state index contributed by atoms with van der Waals surface area (Å²) in [6.07, 6.45) is 1.26. The molecule has 0 aromatic heterocycles. The second-order valence-corrected chi connectivity index (χ2v) is 20.5. The molecular formula is C47H89N9O9S. The second kappa shape index (κ2) is 29.7. The largest absolute Gasteiger partial charge is 0.390 e. The molecule has 0 saturated heterocycles. The van der Waals surface area contributed by atoms with Gasteiger partial charge in [-0.2, -0.15) is 11.8 Å². The number of nitrogens with zero attached hydrogens (tertiary/aromatic N) is 5. The van der Waals surface area contributed by atoms with Crippen molar-refractivity contribution in [2.45, 2.75) is 170 Å². The molecule has 0 saturated carbocycles. The Labute approximate surface area is 401 Å². The van der Waals surface area contributed by atoms with Crippen LogP contribution in [0.15, 0.2) is 0 Å². The summed E-state index contributed by atoms with van der Waals surface area (Å²) in [7, 11) is 7.50. The van der Waals surface area contributed by atoms with E-state index in [9.17, 15) is 43.5 Å². The van der Waals surface area contributed by atoms with E-state index in [0.29, 0.717) is 12.8 Å². The van der Waals surface area contributed by atoms with Gasteiger partial charge < -0.3 is 50.9 Å². The molecule has 7 atom stereocenters. The molecule has 0 fully saturated rings. The number of carbonyl (C=O) groups excluding carboxylic acids is 8. The van der Waals surface area contributed by atoms with E-state index >= 15 is 0 Å². The lowest BCUT2D eigenvalue weighted by Crippen LogP contribution is -2.61. The summed E-state index contributed by atoms with van der Waals surface area (Å²) in [4.78, 5) is 117. The van der Waals surface area contributed by atoms with Gasteiger partial charge in [0.15, 0.2) is 0 Å². The highest BCUT2D eigenvalue weighted by Crippen LogP contribution is 2.21. The summed E-state index contributed by atoms with van der Waals surface area (Å²) in [5.74, 6) is -3.52. The first-order chi connectivity index (χ1) is 30.5. The van der Waals surface area contributed by atoms with Crippen LogP contribution >= 0.6 is 11.8 Å². The minimum atomic E-state index is -1.42. The Kier molecular flexibility index (Phi) is 27.9. The normalized spacial score (nSPS) is 15.0. The van der Waals surface area contributed by atoms with Crippen molar-refractivity contribution in [3.8, 4) is 0 Å². The van der Waals surface area contributed by atoms with Crippen molar-refractivity contribution in [3.05, 3.63) is 0 Å². The van der Waals surface area contributed by atoms with Crippen molar-refractivity contribution in [1.29, 1.82) is 0 Å². The van der Waals surface area contributed by atoms with Crippen LogP contribution in [0.2, 0.25) is 0 Å². The van der Waals surface area contributed by atoms with Gasteiger partial charge in [-0.25, -0.2) is 0 Å². The van der Waals surface area contributed by atoms with Gasteiger partial charge in [-0.3, -0.25) is 38.4 Å². The number of hydrogen-bond donors (Lipinski definition) is 5. The number of thioether (sulfide) groups is 1. The Hall–Kier alpha value is -3.97. The topological polar surface area (TPSA) is 221 Å². The quantitative estimate of drug-likeness (QED) is 0.0658. The van der Waals surface area contributed by atoms with Gasteiger partial charge in [-0.1, -0.05) is 62.3 Å². The third-order valence-electron chi connectivity index (χ3n) is 11.7. The van der Waals surface area contributed by atoms with Crippen LogP contribution in [0.4, 0.5) is 0 Å². The van der Waals surface area contributed by atoms with Gasteiger partial charge in [0.1, 0.15) is 42.3 Å². The molecular weight excluding hydrogens is 867 g/mol. The van der Waals surface area contributed by atoms with Crippen LogP contribution in [0.1, 0.15) is 122 Å². The zero-order valence-corrected chi connectivity index (χ0v) is 44.5. The molecule has 0 aromatic carbocycles. The molecule has 0 radical (unpaired) electrons. The lowest BCUT2D eigenvalue weighted by molar-refractivity contribution is -0.149. The molecule has 382 valence electrons. The van der Waals surface area contributed by atoms with E-state index in [0.717, 1.165) is 25.4 Å². The maximum Gasteiger partial charge on any atom is 0.246 e. The van der Waals surface area contributed by atoms with Crippen LogP contribution < -0.4 is 21.3 Å². The number of amides is 8. The van der Waals surface area contributed by atoms with Crippen molar-refractivity contribution < 1.29 is 43.5 Å². The molecule has 18 nitrogen and oxygen atoms in total. The average molecular weight is 956 g/mol. The maximum atomic E-state index is 14.4. The number of nitrogens with one attached hydrogen (secondary N) is 4. The zero-order valence-electron chi connectivity index (χ0n) is 43.7. The molecule has 0 aliphatic heterocycles. The van der Waals surface area contributed by atoms with Gasteiger partial charge >= 0.3 is 0 Å². The van der Waals surface area contributed by atoms with Gasteiger partial charge in [0.05, 0.1) is 5.60 Å². The molecule has 0 aromatic rings. The Morgan fingerprint density at radius 2 is 1.06 bits per heavy atom. The van der Waals surface area contributed by atoms with Gasteiger partial charge in [0.25, 0.3) is 0 Å². The molecule has 66 heavy (non-hydrogen) atoms. The molecule has 0 heterocycles. The van der Waals surface area contributed by atoms with Crippen LogP contribution in [0.25, 0.3) is 0 Å². The fourth-order valence-electron chi connectivity index (χ4n) is 7.42. The summed E-state index contributed by atoms with van der Waals surface area (Å²) in [6, 6.07) is -7.30. The Bertz CT molecular complexity index is 1590. The average Bonchev–Trinajstić information content (AvgIpc) is 3.24. The monoisotopic (exact) mass is 956 g/mol. The summed E-state index contributed by atoms with van der Waals surface area (Å²) < 4.78 is 0. The van der Waals surface area contributed by atoms with Crippen LogP contribution in [0.3, 0.4) is 0 Å². The molecule has 0 unspecified atom stereocenters. The smallest absolute Gasteiger partial charge is 0.246 e. The first-order valence-corrected chi connectivity index (χ1v) is 24.9. The standard InChI is InChI=1S/C47H89N9O9S/c1-19-22-38(57)52(15)37(28-66-24-23-56(20-2)21-3)45(63)55(18)36(27-47(12,13)65)43(61)51-39(31(8)9)46(64)54(17)35(26-30(6)7)42(60)49-32(10)40(58)50-33(11)44(62)53(16)34(25-29(4)5)41(59)48-14/h29-37,39,65H,19-28H2,1-18H3,(H,48,59)(H,49,60)(H,50,58)(H,51,61)/t32-,33+,34+,35+,36+,37+,39+/m1/s1. The molecule has 19 heteroatoms. The van der Waals surface area contributed by atoms with Crippen molar-refractivity contribution in [2.24, 2.45) is 17.8 Å². The lowest BCUT2D eigenvalue weighted by Gasteiger charge is -2.38.